The molecule has 16 heavy (non-hydrogen) atoms. The van der Waals surface area contributed by atoms with Crippen LogP contribution >= 0.6 is 0 Å². The first kappa shape index (κ1) is 10.9. The van der Waals surface area contributed by atoms with E-state index in [1.807, 2.05) is 13.8 Å². The Kier molecular flexibility index (Phi) is 3.08. The van der Waals surface area contributed by atoms with Crippen molar-refractivity contribution in [2.24, 2.45) is 0 Å². The highest BCUT2D eigenvalue weighted by Crippen LogP contribution is 2.13. The fourth-order valence-corrected chi connectivity index (χ4v) is 2.07. The van der Waals surface area contributed by atoms with Crippen molar-refractivity contribution in [1.82, 2.24) is 15.5 Å². The number of nitrogens with zero attached hydrogens (tertiary/aromatic N) is 1. The van der Waals surface area contributed by atoms with Gasteiger partial charge in [-0.05, 0) is 33.1 Å². The molecule has 0 aromatic carbocycles. The molecule has 0 bridgehead atoms. The predicted octanol–water partition coefficient (Wildman–Crippen LogP) is 1.87. The zero-order chi connectivity index (χ0) is 11.5. The molecule has 4 heteroatoms. The summed E-state index contributed by atoms with van der Waals surface area (Å²) in [5, 5.41) is 9.91. The molecule has 1 unspecified atom stereocenters. The molecule has 1 aliphatic carbocycles. The number of aryl methyl sites for hydroxylation is 2. The van der Waals surface area contributed by atoms with Gasteiger partial charge >= 0.3 is 0 Å². The molecule has 1 heterocycles. The second-order valence-electron chi connectivity index (χ2n) is 4.26. The normalized spacial score (nSPS) is 19.8. The van der Waals surface area contributed by atoms with Crippen LogP contribution in [0.5, 0.6) is 0 Å². The zero-order valence-electron chi connectivity index (χ0n) is 9.71. The van der Waals surface area contributed by atoms with Gasteiger partial charge in [0.05, 0.1) is 11.3 Å². The summed E-state index contributed by atoms with van der Waals surface area (Å²) < 4.78 is 0. The Morgan fingerprint density at radius 2 is 2.31 bits per heavy atom. The Morgan fingerprint density at radius 3 is 2.88 bits per heavy atom. The van der Waals surface area contributed by atoms with E-state index in [2.05, 4.69) is 27.7 Å². The number of amides is 1. The number of H-pyrrole nitrogens is 1. The number of hydrogen-bond donors (Lipinski definition) is 2. The van der Waals surface area contributed by atoms with E-state index in [1.54, 1.807) is 0 Å². The van der Waals surface area contributed by atoms with E-state index in [0.717, 1.165) is 30.7 Å². The first-order valence-corrected chi connectivity index (χ1v) is 5.66. The van der Waals surface area contributed by atoms with Gasteiger partial charge in [0.2, 0.25) is 0 Å². The molecule has 1 aromatic rings. The second-order valence-corrected chi connectivity index (χ2v) is 4.26. The van der Waals surface area contributed by atoms with Crippen LogP contribution in [0, 0.1) is 13.8 Å². The zero-order valence-corrected chi connectivity index (χ0v) is 9.71. The van der Waals surface area contributed by atoms with Crippen molar-refractivity contribution >= 4 is 5.91 Å². The Bertz CT molecular complexity index is 400. The molecule has 1 aliphatic rings. The van der Waals surface area contributed by atoms with E-state index in [1.165, 1.54) is 0 Å². The SMILES string of the molecule is Cc1n[nH]c(C)c1C(=O)NC1CC=CCC1. The van der Waals surface area contributed by atoms with Crippen LogP contribution in [0.15, 0.2) is 12.2 Å². The minimum atomic E-state index is -0.0101. The molecule has 1 aromatic heterocycles. The molecular formula is C12H17N3O. The maximum absolute atomic E-state index is 12.0. The molecule has 0 aliphatic heterocycles. The summed E-state index contributed by atoms with van der Waals surface area (Å²) >= 11 is 0. The van der Waals surface area contributed by atoms with Crippen LogP contribution in [0.4, 0.5) is 0 Å². The van der Waals surface area contributed by atoms with Crippen LogP contribution < -0.4 is 5.32 Å². The first-order chi connectivity index (χ1) is 7.68. The highest BCUT2D eigenvalue weighted by molar-refractivity contribution is 5.96. The lowest BCUT2D eigenvalue weighted by Crippen LogP contribution is -2.35. The Labute approximate surface area is 95.1 Å². The number of allylic oxidation sites excluding steroid dienone is 1. The maximum atomic E-state index is 12.0. The summed E-state index contributed by atoms with van der Waals surface area (Å²) in [6.45, 7) is 3.72. The van der Waals surface area contributed by atoms with E-state index >= 15 is 0 Å². The summed E-state index contributed by atoms with van der Waals surface area (Å²) in [4.78, 5) is 12.0. The third-order valence-electron chi connectivity index (χ3n) is 2.96. The van der Waals surface area contributed by atoms with Crippen LogP contribution in [0.25, 0.3) is 0 Å². The highest BCUT2D eigenvalue weighted by Gasteiger charge is 2.18. The molecule has 0 spiro atoms. The van der Waals surface area contributed by atoms with Crippen LogP contribution in [0.3, 0.4) is 0 Å². The van der Waals surface area contributed by atoms with Crippen molar-refractivity contribution in [3.05, 3.63) is 29.1 Å². The number of rotatable bonds is 2. The van der Waals surface area contributed by atoms with E-state index < -0.39 is 0 Å². The minimum Gasteiger partial charge on any atom is -0.349 e. The summed E-state index contributed by atoms with van der Waals surface area (Å²) in [7, 11) is 0. The highest BCUT2D eigenvalue weighted by atomic mass is 16.1. The van der Waals surface area contributed by atoms with Gasteiger partial charge in [-0.1, -0.05) is 12.2 Å². The number of hydrogen-bond acceptors (Lipinski definition) is 2. The number of carbonyl (C=O) groups excluding carboxylic acids is 1. The Morgan fingerprint density at radius 1 is 1.50 bits per heavy atom. The van der Waals surface area contributed by atoms with Gasteiger partial charge in [0.15, 0.2) is 0 Å². The lowest BCUT2D eigenvalue weighted by molar-refractivity contribution is 0.0933. The largest absolute Gasteiger partial charge is 0.349 e. The molecule has 0 saturated carbocycles. The lowest BCUT2D eigenvalue weighted by atomic mass is 10.0. The third-order valence-corrected chi connectivity index (χ3v) is 2.96. The van der Waals surface area contributed by atoms with E-state index in [9.17, 15) is 4.79 Å². The molecule has 2 N–H and O–H groups in total. The third kappa shape index (κ3) is 2.15. The summed E-state index contributed by atoms with van der Waals surface area (Å²) in [6.07, 6.45) is 7.30. The quantitative estimate of drug-likeness (QED) is 0.746. The van der Waals surface area contributed by atoms with Crippen molar-refractivity contribution in [2.75, 3.05) is 0 Å². The predicted molar refractivity (Wildman–Crippen MR) is 62.3 cm³/mol. The number of carbonyl (C=O) groups is 1. The number of aromatic nitrogens is 2. The molecule has 2 rings (SSSR count). The maximum Gasteiger partial charge on any atom is 0.255 e. The average molecular weight is 219 g/mol. The van der Waals surface area contributed by atoms with Gasteiger partial charge < -0.3 is 5.32 Å². The lowest BCUT2D eigenvalue weighted by Gasteiger charge is -2.19. The van der Waals surface area contributed by atoms with Gasteiger partial charge in [-0.15, -0.1) is 0 Å². The van der Waals surface area contributed by atoms with Gasteiger partial charge in [-0.25, -0.2) is 0 Å². The standard InChI is InChI=1S/C12H17N3O/c1-8-11(9(2)15-14-8)12(16)13-10-6-4-3-5-7-10/h3-4,10H,5-7H2,1-2H3,(H,13,16)(H,14,15). The molecule has 1 amide bonds. The van der Waals surface area contributed by atoms with E-state index in [0.29, 0.717) is 5.56 Å². The van der Waals surface area contributed by atoms with Gasteiger partial charge in [0.25, 0.3) is 5.91 Å². The fourth-order valence-electron chi connectivity index (χ4n) is 2.07. The van der Waals surface area contributed by atoms with Crippen molar-refractivity contribution in [3.63, 3.8) is 0 Å². The molecule has 4 nitrogen and oxygen atoms in total. The Hall–Kier alpha value is -1.58. The number of nitrogens with one attached hydrogen (secondary N) is 2. The summed E-state index contributed by atoms with van der Waals surface area (Å²) in [5.41, 5.74) is 2.29. The van der Waals surface area contributed by atoms with Crippen LogP contribution in [-0.2, 0) is 0 Å². The monoisotopic (exact) mass is 219 g/mol. The first-order valence-electron chi connectivity index (χ1n) is 5.66. The topological polar surface area (TPSA) is 57.8 Å². The molecule has 86 valence electrons. The summed E-state index contributed by atoms with van der Waals surface area (Å²) in [6, 6.07) is 0.270. The molecule has 0 fully saturated rings. The van der Waals surface area contributed by atoms with Crippen LogP contribution in [-0.4, -0.2) is 22.1 Å². The van der Waals surface area contributed by atoms with Gasteiger partial charge in [0.1, 0.15) is 0 Å². The molecule has 0 radical (unpaired) electrons. The molecule has 0 saturated heterocycles. The van der Waals surface area contributed by atoms with Crippen molar-refractivity contribution in [1.29, 1.82) is 0 Å². The molecule has 1 atom stereocenters. The van der Waals surface area contributed by atoms with E-state index in [4.69, 9.17) is 0 Å². The van der Waals surface area contributed by atoms with Crippen LogP contribution in [0.1, 0.15) is 41.0 Å². The van der Waals surface area contributed by atoms with Gasteiger partial charge in [0, 0.05) is 11.7 Å². The van der Waals surface area contributed by atoms with E-state index in [-0.39, 0.29) is 11.9 Å². The summed E-state index contributed by atoms with van der Waals surface area (Å²) in [5.74, 6) is -0.0101. The van der Waals surface area contributed by atoms with Gasteiger partial charge in [-0.3, -0.25) is 9.89 Å². The Balaban J connectivity index is 2.05. The van der Waals surface area contributed by atoms with Crippen molar-refractivity contribution < 1.29 is 4.79 Å². The van der Waals surface area contributed by atoms with Crippen molar-refractivity contribution in [2.45, 2.75) is 39.2 Å². The fraction of sp³-hybridized carbons (Fsp3) is 0.500. The smallest absolute Gasteiger partial charge is 0.255 e. The van der Waals surface area contributed by atoms with Gasteiger partial charge in [-0.2, -0.15) is 5.10 Å². The minimum absolute atomic E-state index is 0.0101. The average Bonchev–Trinajstić information content (AvgIpc) is 2.60. The second kappa shape index (κ2) is 4.51. The van der Waals surface area contributed by atoms with Crippen molar-refractivity contribution in [3.8, 4) is 0 Å². The molecular weight excluding hydrogens is 202 g/mol. The van der Waals surface area contributed by atoms with Crippen LogP contribution in [0.2, 0.25) is 0 Å². The number of aromatic amines is 1.